The zero-order valence-electron chi connectivity index (χ0n) is 12.8. The minimum absolute atomic E-state index is 0.0747. The lowest BCUT2D eigenvalue weighted by molar-refractivity contribution is -0.142. The van der Waals surface area contributed by atoms with Gasteiger partial charge in [-0.1, -0.05) is 24.3 Å². The van der Waals surface area contributed by atoms with Crippen LogP contribution in [0.1, 0.15) is 11.1 Å². The smallest absolute Gasteiger partial charge is 0.309 e. The number of aryl methyl sites for hydroxylation is 1. The lowest BCUT2D eigenvalue weighted by atomic mass is 10.1. The van der Waals surface area contributed by atoms with E-state index in [1.54, 1.807) is 0 Å². The van der Waals surface area contributed by atoms with Crippen molar-refractivity contribution in [2.24, 2.45) is 5.92 Å². The zero-order chi connectivity index (χ0) is 15.9. The molecule has 1 heterocycles. The van der Waals surface area contributed by atoms with E-state index in [-0.39, 0.29) is 12.5 Å². The Hall–Kier alpha value is -1.92. The van der Waals surface area contributed by atoms with Gasteiger partial charge < -0.3 is 15.7 Å². The maximum atomic E-state index is 12.1. The van der Waals surface area contributed by atoms with E-state index in [4.69, 9.17) is 5.11 Å². The number of rotatable bonds is 5. The largest absolute Gasteiger partial charge is 0.481 e. The van der Waals surface area contributed by atoms with Crippen LogP contribution in [0.15, 0.2) is 24.3 Å². The molecule has 120 valence electrons. The van der Waals surface area contributed by atoms with Crippen LogP contribution in [0.25, 0.3) is 0 Å². The van der Waals surface area contributed by atoms with E-state index in [0.717, 1.165) is 11.1 Å². The van der Waals surface area contributed by atoms with E-state index in [0.29, 0.717) is 32.7 Å². The van der Waals surface area contributed by atoms with Gasteiger partial charge in [0.25, 0.3) is 0 Å². The SMILES string of the molecule is Cc1ccccc1CNC(=O)CN1CCNC[C@H](C(=O)O)C1. The van der Waals surface area contributed by atoms with Crippen molar-refractivity contribution in [2.75, 3.05) is 32.7 Å². The summed E-state index contributed by atoms with van der Waals surface area (Å²) >= 11 is 0. The van der Waals surface area contributed by atoms with Gasteiger partial charge in [-0.05, 0) is 18.1 Å². The van der Waals surface area contributed by atoms with Crippen LogP contribution in [0.5, 0.6) is 0 Å². The van der Waals surface area contributed by atoms with E-state index in [1.165, 1.54) is 0 Å². The summed E-state index contributed by atoms with van der Waals surface area (Å²) in [5.41, 5.74) is 2.24. The number of benzene rings is 1. The number of carbonyl (C=O) groups is 2. The lowest BCUT2D eigenvalue weighted by Gasteiger charge is -2.21. The fraction of sp³-hybridized carbons (Fsp3) is 0.500. The molecule has 1 aromatic carbocycles. The number of carboxylic acid groups (broad SMARTS) is 1. The third kappa shape index (κ3) is 4.82. The van der Waals surface area contributed by atoms with E-state index >= 15 is 0 Å². The summed E-state index contributed by atoms with van der Waals surface area (Å²) in [6.45, 7) is 4.99. The van der Waals surface area contributed by atoms with Gasteiger partial charge >= 0.3 is 5.97 Å². The molecule has 6 nitrogen and oxygen atoms in total. The van der Waals surface area contributed by atoms with Gasteiger partial charge in [0, 0.05) is 32.7 Å². The number of amides is 1. The number of carbonyl (C=O) groups excluding carboxylic acids is 1. The fourth-order valence-corrected chi connectivity index (χ4v) is 2.55. The minimum atomic E-state index is -0.820. The number of hydrogen-bond donors (Lipinski definition) is 3. The van der Waals surface area contributed by atoms with Crippen LogP contribution in [0, 0.1) is 12.8 Å². The summed E-state index contributed by atoms with van der Waals surface area (Å²) in [5.74, 6) is -1.36. The first-order chi connectivity index (χ1) is 10.6. The fourth-order valence-electron chi connectivity index (χ4n) is 2.55. The molecule has 0 aromatic heterocycles. The highest BCUT2D eigenvalue weighted by atomic mass is 16.4. The van der Waals surface area contributed by atoms with Crippen LogP contribution < -0.4 is 10.6 Å². The highest BCUT2D eigenvalue weighted by Gasteiger charge is 2.24. The van der Waals surface area contributed by atoms with Crippen molar-refractivity contribution in [1.82, 2.24) is 15.5 Å². The molecule has 2 rings (SSSR count). The van der Waals surface area contributed by atoms with Crippen LogP contribution in [0.3, 0.4) is 0 Å². The molecule has 0 radical (unpaired) electrons. The highest BCUT2D eigenvalue weighted by Crippen LogP contribution is 2.07. The van der Waals surface area contributed by atoms with Gasteiger partial charge in [0.05, 0.1) is 12.5 Å². The number of carboxylic acids is 1. The Labute approximate surface area is 130 Å². The molecule has 1 aromatic rings. The average Bonchev–Trinajstić information content (AvgIpc) is 2.72. The minimum Gasteiger partial charge on any atom is -0.481 e. The number of hydrogen-bond acceptors (Lipinski definition) is 4. The lowest BCUT2D eigenvalue weighted by Crippen LogP contribution is -2.41. The van der Waals surface area contributed by atoms with Crippen molar-refractivity contribution < 1.29 is 14.7 Å². The molecule has 0 unspecified atom stereocenters. The average molecular weight is 305 g/mol. The van der Waals surface area contributed by atoms with Crippen LogP contribution >= 0.6 is 0 Å². The summed E-state index contributed by atoms with van der Waals surface area (Å²) in [4.78, 5) is 25.1. The Morgan fingerprint density at radius 3 is 2.91 bits per heavy atom. The van der Waals surface area contributed by atoms with E-state index < -0.39 is 11.9 Å². The van der Waals surface area contributed by atoms with Crippen molar-refractivity contribution in [3.05, 3.63) is 35.4 Å². The van der Waals surface area contributed by atoms with Crippen LogP contribution in [-0.4, -0.2) is 54.6 Å². The standard InChI is InChI=1S/C16H23N3O3/c1-12-4-2-3-5-13(12)9-18-15(20)11-19-7-6-17-8-14(10-19)16(21)22/h2-5,14,17H,6-11H2,1H3,(H,18,20)(H,21,22)/t14-/m0/s1. The molecule has 0 spiro atoms. The van der Waals surface area contributed by atoms with Crippen molar-refractivity contribution >= 4 is 11.9 Å². The predicted octanol–water partition coefficient (Wildman–Crippen LogP) is 0.217. The Morgan fingerprint density at radius 2 is 2.18 bits per heavy atom. The predicted molar refractivity (Wildman–Crippen MR) is 83.5 cm³/mol. The molecule has 1 atom stereocenters. The molecule has 1 fully saturated rings. The second-order valence-corrected chi connectivity index (χ2v) is 5.68. The topological polar surface area (TPSA) is 81.7 Å². The summed E-state index contributed by atoms with van der Waals surface area (Å²) in [6.07, 6.45) is 0. The van der Waals surface area contributed by atoms with E-state index in [1.807, 2.05) is 36.1 Å². The first-order valence-electron chi connectivity index (χ1n) is 7.53. The molecule has 22 heavy (non-hydrogen) atoms. The highest BCUT2D eigenvalue weighted by molar-refractivity contribution is 5.78. The molecular weight excluding hydrogens is 282 g/mol. The van der Waals surface area contributed by atoms with Gasteiger partial charge in [-0.2, -0.15) is 0 Å². The summed E-state index contributed by atoms with van der Waals surface area (Å²) in [7, 11) is 0. The third-order valence-electron chi connectivity index (χ3n) is 3.93. The molecule has 0 aliphatic carbocycles. The van der Waals surface area contributed by atoms with Gasteiger partial charge in [-0.25, -0.2) is 0 Å². The van der Waals surface area contributed by atoms with Gasteiger partial charge in [-0.3, -0.25) is 14.5 Å². The number of nitrogens with zero attached hydrogens (tertiary/aromatic N) is 1. The zero-order valence-corrected chi connectivity index (χ0v) is 12.8. The normalized spacial score (nSPS) is 19.4. The second-order valence-electron chi connectivity index (χ2n) is 5.68. The Balaban J connectivity index is 1.83. The Bertz CT molecular complexity index is 533. The summed E-state index contributed by atoms with van der Waals surface area (Å²) in [6, 6.07) is 7.93. The Morgan fingerprint density at radius 1 is 1.41 bits per heavy atom. The molecule has 0 saturated carbocycles. The quantitative estimate of drug-likeness (QED) is 0.725. The Kier molecular flexibility index (Phi) is 5.91. The molecular formula is C16H23N3O3. The van der Waals surface area contributed by atoms with E-state index in [2.05, 4.69) is 10.6 Å². The van der Waals surface area contributed by atoms with Crippen molar-refractivity contribution in [3.8, 4) is 0 Å². The summed E-state index contributed by atoms with van der Waals surface area (Å²) < 4.78 is 0. The molecule has 1 saturated heterocycles. The van der Waals surface area contributed by atoms with Gasteiger partial charge in [0.15, 0.2) is 0 Å². The molecule has 6 heteroatoms. The molecule has 0 bridgehead atoms. The van der Waals surface area contributed by atoms with Gasteiger partial charge in [0.1, 0.15) is 0 Å². The van der Waals surface area contributed by atoms with Crippen LogP contribution in [0.2, 0.25) is 0 Å². The van der Waals surface area contributed by atoms with Crippen molar-refractivity contribution in [1.29, 1.82) is 0 Å². The van der Waals surface area contributed by atoms with Crippen LogP contribution in [0.4, 0.5) is 0 Å². The molecule has 3 N–H and O–H groups in total. The molecule has 1 amide bonds. The maximum Gasteiger partial charge on any atom is 0.309 e. The summed E-state index contributed by atoms with van der Waals surface area (Å²) in [5, 5.41) is 15.1. The number of nitrogens with one attached hydrogen (secondary N) is 2. The first-order valence-corrected chi connectivity index (χ1v) is 7.53. The monoisotopic (exact) mass is 305 g/mol. The molecule has 1 aliphatic heterocycles. The third-order valence-corrected chi connectivity index (χ3v) is 3.93. The van der Waals surface area contributed by atoms with E-state index in [9.17, 15) is 9.59 Å². The first kappa shape index (κ1) is 16.5. The van der Waals surface area contributed by atoms with Crippen molar-refractivity contribution in [3.63, 3.8) is 0 Å². The van der Waals surface area contributed by atoms with Crippen LogP contribution in [-0.2, 0) is 16.1 Å². The van der Waals surface area contributed by atoms with Gasteiger partial charge in [-0.15, -0.1) is 0 Å². The second kappa shape index (κ2) is 7.91. The maximum absolute atomic E-state index is 12.1. The number of aliphatic carboxylic acids is 1. The van der Waals surface area contributed by atoms with Crippen molar-refractivity contribution in [2.45, 2.75) is 13.5 Å². The van der Waals surface area contributed by atoms with Gasteiger partial charge in [0.2, 0.25) is 5.91 Å². The molecule has 1 aliphatic rings.